The van der Waals surface area contributed by atoms with Gasteiger partial charge in [0.25, 0.3) is 0 Å². The van der Waals surface area contributed by atoms with Crippen molar-refractivity contribution < 1.29 is 18.0 Å². The van der Waals surface area contributed by atoms with Crippen molar-refractivity contribution in [2.75, 3.05) is 46.2 Å². The third-order valence-electron chi connectivity index (χ3n) is 2.77. The molecule has 1 aromatic rings. The molecule has 0 aliphatic rings. The number of pyridine rings is 1. The van der Waals surface area contributed by atoms with E-state index in [4.69, 9.17) is 11.6 Å². The number of hydrogen-bond donors (Lipinski definition) is 0. The number of rotatable bonds is 4. The number of carbonyl (C=O) groups excluding carboxylic acids is 1. The van der Waals surface area contributed by atoms with Crippen LogP contribution in [0.4, 0.5) is 23.8 Å². The molecule has 0 saturated carbocycles. The molecule has 5 nitrogen and oxygen atoms in total. The Morgan fingerprint density at radius 1 is 1.18 bits per heavy atom. The summed E-state index contributed by atoms with van der Waals surface area (Å²) in [6.07, 6.45) is -4.56. The topological polar surface area (TPSA) is 39.7 Å². The first-order valence-electron chi connectivity index (χ1n) is 6.40. The van der Waals surface area contributed by atoms with Crippen LogP contribution >= 0.6 is 11.6 Å². The molecule has 124 valence electrons. The maximum Gasteiger partial charge on any atom is 0.416 e. The van der Waals surface area contributed by atoms with E-state index < -0.39 is 17.8 Å². The third kappa shape index (κ3) is 5.03. The summed E-state index contributed by atoms with van der Waals surface area (Å²) in [5.74, 6) is -0.125. The third-order valence-corrected chi connectivity index (χ3v) is 2.96. The van der Waals surface area contributed by atoms with Crippen LogP contribution < -0.4 is 4.90 Å². The van der Waals surface area contributed by atoms with Gasteiger partial charge < -0.3 is 9.80 Å². The maximum atomic E-state index is 12.9. The highest BCUT2D eigenvalue weighted by atomic mass is 35.5. The number of aromatic nitrogens is 1. The molecule has 0 aromatic carbocycles. The zero-order valence-corrected chi connectivity index (χ0v) is 13.5. The fourth-order valence-electron chi connectivity index (χ4n) is 1.63. The molecule has 22 heavy (non-hydrogen) atoms. The number of hydrogen-bond acceptors (Lipinski definition) is 3. The van der Waals surface area contributed by atoms with Crippen LogP contribution in [-0.4, -0.2) is 62.1 Å². The first-order valence-corrected chi connectivity index (χ1v) is 6.78. The van der Waals surface area contributed by atoms with E-state index in [0.29, 0.717) is 6.54 Å². The van der Waals surface area contributed by atoms with Gasteiger partial charge in [-0.25, -0.2) is 9.78 Å². The largest absolute Gasteiger partial charge is 0.416 e. The number of halogens is 4. The molecule has 0 fully saturated rings. The van der Waals surface area contributed by atoms with Crippen LogP contribution in [0, 0.1) is 0 Å². The SMILES string of the molecule is CN(C)CCN(C(=O)N(C)C)c1cc(C(F)(F)F)cc(Cl)n1. The Hall–Kier alpha value is -1.54. The van der Waals surface area contributed by atoms with Gasteiger partial charge in [-0.1, -0.05) is 11.6 Å². The average Bonchev–Trinajstić information content (AvgIpc) is 2.36. The van der Waals surface area contributed by atoms with Crippen molar-refractivity contribution in [2.24, 2.45) is 0 Å². The number of nitrogens with zero attached hydrogens (tertiary/aromatic N) is 4. The van der Waals surface area contributed by atoms with Gasteiger partial charge in [-0.3, -0.25) is 4.90 Å². The van der Waals surface area contributed by atoms with Crippen LogP contribution in [0.1, 0.15) is 5.56 Å². The Morgan fingerprint density at radius 2 is 1.77 bits per heavy atom. The summed E-state index contributed by atoms with van der Waals surface area (Å²) in [7, 11) is 6.62. The molecule has 0 spiro atoms. The fourth-order valence-corrected chi connectivity index (χ4v) is 1.84. The molecule has 0 bridgehead atoms. The Kier molecular flexibility index (Phi) is 6.01. The summed E-state index contributed by atoms with van der Waals surface area (Å²) in [6.45, 7) is 0.657. The summed E-state index contributed by atoms with van der Waals surface area (Å²) in [5.41, 5.74) is -0.941. The van der Waals surface area contributed by atoms with Gasteiger partial charge in [0.15, 0.2) is 0 Å². The van der Waals surface area contributed by atoms with Gasteiger partial charge in [0.05, 0.1) is 5.56 Å². The quantitative estimate of drug-likeness (QED) is 0.793. The van der Waals surface area contributed by atoms with Crippen molar-refractivity contribution in [3.8, 4) is 0 Å². The van der Waals surface area contributed by atoms with Gasteiger partial charge in [-0.05, 0) is 26.2 Å². The van der Waals surface area contributed by atoms with E-state index in [9.17, 15) is 18.0 Å². The lowest BCUT2D eigenvalue weighted by molar-refractivity contribution is -0.137. The van der Waals surface area contributed by atoms with Crippen LogP contribution in [0.3, 0.4) is 0 Å². The number of anilines is 1. The van der Waals surface area contributed by atoms with E-state index in [1.807, 2.05) is 4.90 Å². The highest BCUT2D eigenvalue weighted by Crippen LogP contribution is 2.32. The van der Waals surface area contributed by atoms with Crippen LogP contribution in [0.25, 0.3) is 0 Å². The highest BCUT2D eigenvalue weighted by Gasteiger charge is 2.33. The molecule has 0 radical (unpaired) electrons. The van der Waals surface area contributed by atoms with Crippen molar-refractivity contribution in [1.29, 1.82) is 0 Å². The molecular weight excluding hydrogens is 321 g/mol. The molecule has 1 aromatic heterocycles. The number of alkyl halides is 3. The molecule has 1 rings (SSSR count). The lowest BCUT2D eigenvalue weighted by Gasteiger charge is -2.27. The monoisotopic (exact) mass is 338 g/mol. The zero-order valence-electron chi connectivity index (χ0n) is 12.8. The second-order valence-electron chi connectivity index (χ2n) is 5.17. The highest BCUT2D eigenvalue weighted by molar-refractivity contribution is 6.29. The summed E-state index contributed by atoms with van der Waals surface area (Å²) >= 11 is 5.67. The van der Waals surface area contributed by atoms with Gasteiger partial charge in [0, 0.05) is 27.2 Å². The summed E-state index contributed by atoms with van der Waals surface area (Å²) < 4.78 is 38.6. The van der Waals surface area contributed by atoms with E-state index in [1.165, 1.54) is 23.9 Å². The number of amides is 2. The minimum Gasteiger partial charge on any atom is -0.330 e. The lowest BCUT2D eigenvalue weighted by Crippen LogP contribution is -2.43. The number of urea groups is 1. The van der Waals surface area contributed by atoms with Crippen molar-refractivity contribution >= 4 is 23.4 Å². The second-order valence-corrected chi connectivity index (χ2v) is 5.55. The normalized spacial score (nSPS) is 11.7. The van der Waals surface area contributed by atoms with E-state index in [1.54, 1.807) is 14.1 Å². The van der Waals surface area contributed by atoms with Gasteiger partial charge in [-0.2, -0.15) is 13.2 Å². The van der Waals surface area contributed by atoms with Gasteiger partial charge in [0.2, 0.25) is 0 Å². The van der Waals surface area contributed by atoms with Gasteiger partial charge >= 0.3 is 12.2 Å². The molecule has 0 unspecified atom stereocenters. The number of carbonyl (C=O) groups is 1. The Bertz CT molecular complexity index is 535. The standard InChI is InChI=1S/C13H18ClF3N4O/c1-19(2)5-6-21(12(22)20(3)4)11-8-9(13(15,16)17)7-10(14)18-11/h7-8H,5-6H2,1-4H3. The lowest BCUT2D eigenvalue weighted by atomic mass is 10.2. The molecule has 2 amide bonds. The smallest absolute Gasteiger partial charge is 0.330 e. The second kappa shape index (κ2) is 7.15. The maximum absolute atomic E-state index is 12.9. The molecular formula is C13H18ClF3N4O. The predicted octanol–water partition coefficient (Wildman–Crippen LogP) is 2.80. The summed E-state index contributed by atoms with van der Waals surface area (Å²) in [5, 5.41) is -0.314. The molecule has 0 aliphatic carbocycles. The minimum atomic E-state index is -4.56. The van der Waals surface area contributed by atoms with Gasteiger partial charge in [0.1, 0.15) is 11.0 Å². The van der Waals surface area contributed by atoms with Crippen molar-refractivity contribution in [3.63, 3.8) is 0 Å². The first-order chi connectivity index (χ1) is 10.0. The van der Waals surface area contributed by atoms with E-state index in [0.717, 1.165) is 12.1 Å². The Balaban J connectivity index is 3.23. The van der Waals surface area contributed by atoms with E-state index in [-0.39, 0.29) is 17.5 Å². The first kappa shape index (κ1) is 18.5. The Morgan fingerprint density at radius 3 is 2.23 bits per heavy atom. The van der Waals surface area contributed by atoms with Gasteiger partial charge in [-0.15, -0.1) is 0 Å². The number of likely N-dealkylation sites (N-methyl/N-ethyl adjacent to an activating group) is 1. The molecule has 0 saturated heterocycles. The molecule has 0 atom stereocenters. The van der Waals surface area contributed by atoms with Crippen LogP contribution in [0.15, 0.2) is 12.1 Å². The van der Waals surface area contributed by atoms with Crippen LogP contribution in [0.5, 0.6) is 0 Å². The van der Waals surface area contributed by atoms with Crippen molar-refractivity contribution in [1.82, 2.24) is 14.8 Å². The molecule has 1 heterocycles. The Labute approximate surface area is 132 Å². The van der Waals surface area contributed by atoms with Crippen molar-refractivity contribution in [3.05, 3.63) is 22.8 Å². The minimum absolute atomic E-state index is 0.125. The predicted molar refractivity (Wildman–Crippen MR) is 79.2 cm³/mol. The zero-order chi connectivity index (χ0) is 17.1. The molecule has 0 N–H and O–H groups in total. The van der Waals surface area contributed by atoms with E-state index >= 15 is 0 Å². The molecule has 9 heteroatoms. The van der Waals surface area contributed by atoms with E-state index in [2.05, 4.69) is 4.98 Å². The average molecular weight is 339 g/mol. The summed E-state index contributed by atoms with van der Waals surface area (Å²) in [4.78, 5) is 20.3. The van der Waals surface area contributed by atoms with Crippen LogP contribution in [0.2, 0.25) is 5.15 Å². The van der Waals surface area contributed by atoms with Crippen molar-refractivity contribution in [2.45, 2.75) is 6.18 Å². The molecule has 0 aliphatic heterocycles. The summed E-state index contributed by atoms with van der Waals surface area (Å²) in [6, 6.07) is 1.09. The fraction of sp³-hybridized carbons (Fsp3) is 0.538. The van der Waals surface area contributed by atoms with Crippen LogP contribution in [-0.2, 0) is 6.18 Å².